The average molecular weight is 238 g/mol. The molecule has 0 radical (unpaired) electrons. The normalized spacial score (nSPS) is 10.9. The van der Waals surface area contributed by atoms with Crippen molar-refractivity contribution in [2.75, 3.05) is 0 Å². The Morgan fingerprint density at radius 3 is 2.94 bits per heavy atom. The molecule has 0 fully saturated rings. The summed E-state index contributed by atoms with van der Waals surface area (Å²) in [6.45, 7) is 2.16. The van der Waals surface area contributed by atoms with Crippen molar-refractivity contribution in [3.8, 4) is 11.3 Å². The first-order valence-corrected chi connectivity index (χ1v) is 6.16. The average Bonchev–Trinajstić information content (AvgIpc) is 2.85. The van der Waals surface area contributed by atoms with E-state index in [0.717, 1.165) is 35.3 Å². The van der Waals surface area contributed by atoms with E-state index < -0.39 is 0 Å². The van der Waals surface area contributed by atoms with Crippen molar-refractivity contribution < 1.29 is 4.42 Å². The van der Waals surface area contributed by atoms with Crippen molar-refractivity contribution in [1.82, 2.24) is 9.97 Å². The number of furan rings is 1. The van der Waals surface area contributed by atoms with Crippen LogP contribution in [0.4, 0.5) is 0 Å². The van der Waals surface area contributed by atoms with Gasteiger partial charge in [0.25, 0.3) is 0 Å². The summed E-state index contributed by atoms with van der Waals surface area (Å²) in [5, 5.41) is 0. The van der Waals surface area contributed by atoms with E-state index in [1.807, 2.05) is 30.5 Å². The molecule has 0 aromatic carbocycles. The maximum absolute atomic E-state index is 5.94. The Morgan fingerprint density at radius 1 is 1.22 bits per heavy atom. The molecule has 3 aromatic heterocycles. The van der Waals surface area contributed by atoms with Crippen molar-refractivity contribution in [1.29, 1.82) is 0 Å². The van der Waals surface area contributed by atoms with E-state index in [4.69, 9.17) is 4.42 Å². The van der Waals surface area contributed by atoms with Crippen LogP contribution in [-0.4, -0.2) is 9.97 Å². The molecule has 3 nitrogen and oxygen atoms in total. The molecule has 3 aromatic rings. The molecule has 0 amide bonds. The maximum Gasteiger partial charge on any atom is 0.156 e. The van der Waals surface area contributed by atoms with Crippen LogP contribution in [0.5, 0.6) is 0 Å². The summed E-state index contributed by atoms with van der Waals surface area (Å²) in [7, 11) is 0. The topological polar surface area (TPSA) is 38.9 Å². The molecule has 3 heterocycles. The summed E-state index contributed by atoms with van der Waals surface area (Å²) in [4.78, 5) is 8.47. The van der Waals surface area contributed by atoms with Gasteiger partial charge in [-0.1, -0.05) is 13.3 Å². The summed E-state index contributed by atoms with van der Waals surface area (Å²) in [6.07, 6.45) is 7.51. The predicted molar refractivity (Wildman–Crippen MR) is 71.2 cm³/mol. The van der Waals surface area contributed by atoms with Gasteiger partial charge in [-0.3, -0.25) is 9.97 Å². The van der Waals surface area contributed by atoms with E-state index in [0.29, 0.717) is 0 Å². The lowest BCUT2D eigenvalue weighted by Gasteiger charge is -1.98. The highest BCUT2D eigenvalue weighted by Crippen LogP contribution is 2.28. The zero-order chi connectivity index (χ0) is 12.4. The second-order valence-electron chi connectivity index (χ2n) is 4.29. The standard InChI is InChI=1S/C15H14N2O/c1-2-4-11-6-8-17-13-9-14(18-15(11)13)12-5-3-7-16-10-12/h3,5-10H,2,4H2,1H3. The quantitative estimate of drug-likeness (QED) is 0.695. The minimum atomic E-state index is 0.828. The largest absolute Gasteiger partial charge is 0.454 e. The van der Waals surface area contributed by atoms with Gasteiger partial charge in [0.05, 0.1) is 0 Å². The third-order valence-corrected chi connectivity index (χ3v) is 2.96. The van der Waals surface area contributed by atoms with Crippen LogP contribution in [0.1, 0.15) is 18.9 Å². The Bertz CT molecular complexity index is 659. The summed E-state index contributed by atoms with van der Waals surface area (Å²) < 4.78 is 5.94. The molecule has 0 saturated heterocycles. The molecule has 0 unspecified atom stereocenters. The molecule has 0 spiro atoms. The van der Waals surface area contributed by atoms with Crippen LogP contribution in [0.3, 0.4) is 0 Å². The molecular formula is C15H14N2O. The number of fused-ring (bicyclic) bond motifs is 1. The summed E-state index contributed by atoms with van der Waals surface area (Å²) in [5.74, 6) is 0.828. The predicted octanol–water partition coefficient (Wildman–Crippen LogP) is 3.84. The van der Waals surface area contributed by atoms with E-state index in [9.17, 15) is 0 Å². The van der Waals surface area contributed by atoms with E-state index in [1.54, 1.807) is 12.4 Å². The highest BCUT2D eigenvalue weighted by atomic mass is 16.3. The molecule has 0 N–H and O–H groups in total. The van der Waals surface area contributed by atoms with Crippen LogP contribution in [0.25, 0.3) is 22.4 Å². The van der Waals surface area contributed by atoms with Gasteiger partial charge in [0, 0.05) is 30.2 Å². The van der Waals surface area contributed by atoms with E-state index >= 15 is 0 Å². The fourth-order valence-electron chi connectivity index (χ4n) is 2.11. The van der Waals surface area contributed by atoms with Gasteiger partial charge in [-0.2, -0.15) is 0 Å². The number of aromatic nitrogens is 2. The van der Waals surface area contributed by atoms with E-state index in [1.165, 1.54) is 5.56 Å². The van der Waals surface area contributed by atoms with Gasteiger partial charge >= 0.3 is 0 Å². The highest BCUT2D eigenvalue weighted by molar-refractivity contribution is 5.81. The third-order valence-electron chi connectivity index (χ3n) is 2.96. The molecule has 0 aliphatic heterocycles. The number of pyridine rings is 2. The van der Waals surface area contributed by atoms with Gasteiger partial charge in [-0.25, -0.2) is 0 Å². The smallest absolute Gasteiger partial charge is 0.156 e. The first-order valence-electron chi connectivity index (χ1n) is 6.16. The molecule has 18 heavy (non-hydrogen) atoms. The van der Waals surface area contributed by atoms with Crippen LogP contribution < -0.4 is 0 Å². The minimum absolute atomic E-state index is 0.828. The molecular weight excluding hydrogens is 224 g/mol. The van der Waals surface area contributed by atoms with E-state index in [2.05, 4.69) is 16.9 Å². The van der Waals surface area contributed by atoms with Crippen molar-refractivity contribution >= 4 is 11.1 Å². The maximum atomic E-state index is 5.94. The lowest BCUT2D eigenvalue weighted by Crippen LogP contribution is -1.84. The first-order chi connectivity index (χ1) is 8.88. The monoisotopic (exact) mass is 238 g/mol. The van der Waals surface area contributed by atoms with Crippen LogP contribution in [0.2, 0.25) is 0 Å². The molecule has 0 aliphatic carbocycles. The molecule has 90 valence electrons. The Labute approximate surface area is 105 Å². The third kappa shape index (κ3) is 1.88. The molecule has 0 bridgehead atoms. The van der Waals surface area contributed by atoms with E-state index in [-0.39, 0.29) is 0 Å². The number of hydrogen-bond donors (Lipinski definition) is 0. The lowest BCUT2D eigenvalue weighted by molar-refractivity contribution is 0.624. The summed E-state index contributed by atoms with van der Waals surface area (Å²) >= 11 is 0. The van der Waals surface area contributed by atoms with Crippen molar-refractivity contribution in [2.24, 2.45) is 0 Å². The van der Waals surface area contributed by atoms with Gasteiger partial charge in [0.2, 0.25) is 0 Å². The number of aryl methyl sites for hydroxylation is 1. The van der Waals surface area contributed by atoms with Gasteiger partial charge in [0.1, 0.15) is 11.3 Å². The van der Waals surface area contributed by atoms with Gasteiger partial charge < -0.3 is 4.42 Å². The lowest BCUT2D eigenvalue weighted by atomic mass is 10.1. The van der Waals surface area contributed by atoms with Crippen LogP contribution in [0, 0.1) is 0 Å². The molecule has 0 atom stereocenters. The van der Waals surface area contributed by atoms with Crippen molar-refractivity contribution in [3.05, 3.63) is 48.4 Å². The SMILES string of the molecule is CCCc1ccnc2cc(-c3cccnc3)oc12. The Kier molecular flexibility index (Phi) is 2.81. The van der Waals surface area contributed by atoms with Gasteiger partial charge in [-0.05, 0) is 30.2 Å². The molecule has 0 saturated carbocycles. The van der Waals surface area contributed by atoms with Crippen LogP contribution >= 0.6 is 0 Å². The zero-order valence-corrected chi connectivity index (χ0v) is 10.3. The van der Waals surface area contributed by atoms with Crippen molar-refractivity contribution in [3.63, 3.8) is 0 Å². The number of nitrogens with zero attached hydrogens (tertiary/aromatic N) is 2. The summed E-state index contributed by atoms with van der Waals surface area (Å²) in [6, 6.07) is 7.90. The highest BCUT2D eigenvalue weighted by Gasteiger charge is 2.10. The second-order valence-corrected chi connectivity index (χ2v) is 4.29. The zero-order valence-electron chi connectivity index (χ0n) is 10.3. The van der Waals surface area contributed by atoms with Gasteiger partial charge in [0.15, 0.2) is 5.58 Å². The summed E-state index contributed by atoms with van der Waals surface area (Å²) in [5.41, 5.74) is 4.02. The fraction of sp³-hybridized carbons (Fsp3) is 0.200. The second kappa shape index (κ2) is 4.61. The Hall–Kier alpha value is -2.16. The number of hydrogen-bond acceptors (Lipinski definition) is 3. The molecule has 0 aliphatic rings. The fourth-order valence-corrected chi connectivity index (χ4v) is 2.11. The Morgan fingerprint density at radius 2 is 2.17 bits per heavy atom. The Balaban J connectivity index is 2.14. The minimum Gasteiger partial charge on any atom is -0.454 e. The molecule has 3 heteroatoms. The number of rotatable bonds is 3. The van der Waals surface area contributed by atoms with Crippen LogP contribution in [-0.2, 0) is 6.42 Å². The van der Waals surface area contributed by atoms with Crippen molar-refractivity contribution in [2.45, 2.75) is 19.8 Å². The first kappa shape index (κ1) is 11.0. The van der Waals surface area contributed by atoms with Crippen LogP contribution in [0.15, 0.2) is 47.3 Å². The molecule has 3 rings (SSSR count). The van der Waals surface area contributed by atoms with Gasteiger partial charge in [-0.15, -0.1) is 0 Å².